The highest BCUT2D eigenvalue weighted by Crippen LogP contribution is 2.20. The Labute approximate surface area is 101 Å². The van der Waals surface area contributed by atoms with Crippen LogP contribution in [0.15, 0.2) is 35.6 Å². The minimum absolute atomic E-state index is 0.233. The molecule has 5 nitrogen and oxygen atoms in total. The summed E-state index contributed by atoms with van der Waals surface area (Å²) in [4.78, 5) is 4.00. The molecule has 1 unspecified atom stereocenters. The molecule has 6 heteroatoms. The Morgan fingerprint density at radius 1 is 1.29 bits per heavy atom. The van der Waals surface area contributed by atoms with Crippen LogP contribution in [0.1, 0.15) is 0 Å². The first-order valence-electron chi connectivity index (χ1n) is 4.88. The Kier molecular flexibility index (Phi) is 3.43. The third-order valence-corrected chi connectivity index (χ3v) is 2.86. The number of nitrogens with zero attached hydrogens (tertiary/aromatic N) is 3. The van der Waals surface area contributed by atoms with E-state index in [4.69, 9.17) is 4.74 Å². The molecule has 0 saturated heterocycles. The van der Waals surface area contributed by atoms with Crippen LogP contribution < -0.4 is 4.74 Å². The van der Waals surface area contributed by atoms with Crippen LogP contribution in [0, 0.1) is 0 Å². The first-order chi connectivity index (χ1) is 8.20. The van der Waals surface area contributed by atoms with Gasteiger partial charge in [-0.1, -0.05) is 12.1 Å². The number of ether oxygens (including phenoxy) is 1. The van der Waals surface area contributed by atoms with Crippen molar-refractivity contribution in [3.05, 3.63) is 30.5 Å². The van der Waals surface area contributed by atoms with Gasteiger partial charge in [-0.2, -0.15) is 0 Å². The van der Waals surface area contributed by atoms with Gasteiger partial charge in [0.1, 0.15) is 11.4 Å². The van der Waals surface area contributed by atoms with Gasteiger partial charge in [0, 0.05) is 11.8 Å². The molecule has 88 valence electrons. The second-order valence-corrected chi connectivity index (χ2v) is 4.59. The maximum atomic E-state index is 11.1. The molecule has 1 atom stereocenters. The van der Waals surface area contributed by atoms with Crippen molar-refractivity contribution in [3.63, 3.8) is 0 Å². The highest BCUT2D eigenvalue weighted by Gasteiger charge is 2.05. The number of benzene rings is 1. The van der Waals surface area contributed by atoms with Gasteiger partial charge in [0.15, 0.2) is 0 Å². The molecule has 17 heavy (non-hydrogen) atoms. The Hall–Kier alpha value is -1.82. The summed E-state index contributed by atoms with van der Waals surface area (Å²) >= 11 is 0. The highest BCUT2D eigenvalue weighted by molar-refractivity contribution is 7.84. The summed E-state index contributed by atoms with van der Waals surface area (Å²) in [5, 5.41) is 8.03. The second-order valence-electron chi connectivity index (χ2n) is 3.31. The molecule has 0 aliphatic carbocycles. The summed E-state index contributed by atoms with van der Waals surface area (Å²) < 4.78 is 16.2. The van der Waals surface area contributed by atoms with Gasteiger partial charge in [0.05, 0.1) is 24.1 Å². The molecule has 1 heterocycles. The van der Waals surface area contributed by atoms with Gasteiger partial charge in [-0.05, 0) is 12.1 Å². The number of methoxy groups -OCH3 is 1. The summed E-state index contributed by atoms with van der Waals surface area (Å²) in [6.45, 7) is 0. The normalized spacial score (nSPS) is 12.1. The largest absolute Gasteiger partial charge is 0.497 e. The molecule has 0 aliphatic heterocycles. The van der Waals surface area contributed by atoms with Crippen molar-refractivity contribution in [1.82, 2.24) is 15.2 Å². The Morgan fingerprint density at radius 2 is 2.12 bits per heavy atom. The molecule has 0 bridgehead atoms. The quantitative estimate of drug-likeness (QED) is 0.820. The van der Waals surface area contributed by atoms with Crippen molar-refractivity contribution in [2.75, 3.05) is 13.4 Å². The third kappa shape index (κ3) is 2.65. The molecule has 0 amide bonds. The van der Waals surface area contributed by atoms with E-state index in [1.165, 1.54) is 6.26 Å². The Balaban J connectivity index is 2.36. The van der Waals surface area contributed by atoms with Crippen LogP contribution in [0.25, 0.3) is 11.3 Å². The van der Waals surface area contributed by atoms with Crippen LogP contribution in [-0.4, -0.2) is 32.8 Å². The molecular weight excluding hydrogens is 238 g/mol. The van der Waals surface area contributed by atoms with E-state index in [-0.39, 0.29) is 5.16 Å². The number of hydrogen-bond donors (Lipinski definition) is 0. The van der Waals surface area contributed by atoms with Crippen LogP contribution in [0.5, 0.6) is 5.75 Å². The molecule has 0 fully saturated rings. The van der Waals surface area contributed by atoms with Crippen molar-refractivity contribution in [3.8, 4) is 17.0 Å². The van der Waals surface area contributed by atoms with E-state index in [1.54, 1.807) is 13.3 Å². The minimum Gasteiger partial charge on any atom is -0.497 e. The smallest absolute Gasteiger partial charge is 0.239 e. The van der Waals surface area contributed by atoms with Gasteiger partial charge in [0.2, 0.25) is 5.16 Å². The van der Waals surface area contributed by atoms with Crippen LogP contribution in [0.2, 0.25) is 0 Å². The number of aromatic nitrogens is 3. The summed E-state index contributed by atoms with van der Waals surface area (Å²) in [5.74, 6) is 0.743. The molecule has 1 aromatic heterocycles. The maximum absolute atomic E-state index is 11.1. The average molecular weight is 249 g/mol. The molecule has 1 aromatic carbocycles. The van der Waals surface area contributed by atoms with Crippen molar-refractivity contribution >= 4 is 10.8 Å². The lowest BCUT2D eigenvalue weighted by molar-refractivity contribution is 0.415. The second kappa shape index (κ2) is 5.01. The zero-order chi connectivity index (χ0) is 12.3. The van der Waals surface area contributed by atoms with Gasteiger partial charge < -0.3 is 4.74 Å². The molecule has 0 N–H and O–H groups in total. The fourth-order valence-electron chi connectivity index (χ4n) is 1.31. The molecule has 2 rings (SSSR count). The molecule has 0 spiro atoms. The minimum atomic E-state index is -1.21. The monoisotopic (exact) mass is 249 g/mol. The van der Waals surface area contributed by atoms with Gasteiger partial charge in [-0.3, -0.25) is 4.21 Å². The van der Waals surface area contributed by atoms with Crippen LogP contribution in [-0.2, 0) is 10.8 Å². The predicted molar refractivity (Wildman–Crippen MR) is 64.1 cm³/mol. The van der Waals surface area contributed by atoms with E-state index < -0.39 is 10.8 Å². The number of hydrogen-bond acceptors (Lipinski definition) is 5. The van der Waals surface area contributed by atoms with Gasteiger partial charge in [0.25, 0.3) is 0 Å². The molecule has 0 aliphatic rings. The van der Waals surface area contributed by atoms with Gasteiger partial charge >= 0.3 is 0 Å². The summed E-state index contributed by atoms with van der Waals surface area (Å²) in [6.07, 6.45) is 3.07. The van der Waals surface area contributed by atoms with Crippen molar-refractivity contribution in [2.24, 2.45) is 0 Å². The lowest BCUT2D eigenvalue weighted by Gasteiger charge is -2.03. The Bertz CT molecular complexity index is 543. The summed E-state index contributed by atoms with van der Waals surface area (Å²) in [7, 11) is 0.395. The van der Waals surface area contributed by atoms with Crippen LogP contribution in [0.3, 0.4) is 0 Å². The first kappa shape index (κ1) is 11.7. The van der Waals surface area contributed by atoms with Crippen molar-refractivity contribution < 1.29 is 8.95 Å². The van der Waals surface area contributed by atoms with E-state index in [2.05, 4.69) is 15.2 Å². The van der Waals surface area contributed by atoms with E-state index in [0.29, 0.717) is 5.69 Å². The summed E-state index contributed by atoms with van der Waals surface area (Å²) in [6, 6.07) is 7.44. The van der Waals surface area contributed by atoms with E-state index in [9.17, 15) is 4.21 Å². The zero-order valence-corrected chi connectivity index (χ0v) is 10.3. The van der Waals surface area contributed by atoms with E-state index in [0.717, 1.165) is 11.3 Å². The average Bonchev–Trinajstić information content (AvgIpc) is 2.39. The predicted octanol–water partition coefficient (Wildman–Crippen LogP) is 1.28. The van der Waals surface area contributed by atoms with Crippen LogP contribution >= 0.6 is 0 Å². The SMILES string of the molecule is COc1cccc(-c2cnc(S(C)=O)nn2)c1. The zero-order valence-electron chi connectivity index (χ0n) is 9.45. The highest BCUT2D eigenvalue weighted by atomic mass is 32.2. The van der Waals surface area contributed by atoms with Crippen molar-refractivity contribution in [1.29, 1.82) is 0 Å². The number of rotatable bonds is 3. The fraction of sp³-hybridized carbons (Fsp3) is 0.182. The van der Waals surface area contributed by atoms with Gasteiger partial charge in [-0.25, -0.2) is 4.98 Å². The topological polar surface area (TPSA) is 65.0 Å². The lowest BCUT2D eigenvalue weighted by Crippen LogP contribution is -2.00. The van der Waals surface area contributed by atoms with Gasteiger partial charge in [-0.15, -0.1) is 10.2 Å². The fourth-order valence-corrected chi connectivity index (χ4v) is 1.67. The Morgan fingerprint density at radius 3 is 2.71 bits per heavy atom. The molecule has 0 saturated carbocycles. The summed E-state index contributed by atoms with van der Waals surface area (Å²) in [5.41, 5.74) is 1.48. The molecule has 2 aromatic rings. The van der Waals surface area contributed by atoms with E-state index >= 15 is 0 Å². The maximum Gasteiger partial charge on any atom is 0.239 e. The molecule has 0 radical (unpaired) electrons. The van der Waals surface area contributed by atoms with Crippen LogP contribution in [0.4, 0.5) is 0 Å². The molecular formula is C11H11N3O2S. The first-order valence-corrected chi connectivity index (χ1v) is 6.44. The van der Waals surface area contributed by atoms with Crippen molar-refractivity contribution in [2.45, 2.75) is 5.16 Å². The lowest BCUT2D eigenvalue weighted by atomic mass is 10.1. The standard InChI is InChI=1S/C11H11N3O2S/c1-16-9-5-3-4-8(6-9)10-7-12-11(14-13-10)17(2)15/h3-7H,1-2H3. The van der Waals surface area contributed by atoms with E-state index in [1.807, 2.05) is 24.3 Å². The third-order valence-electron chi connectivity index (χ3n) is 2.16.